The fourth-order valence-corrected chi connectivity index (χ4v) is 7.71. The summed E-state index contributed by atoms with van der Waals surface area (Å²) in [6.45, 7) is 2.61. The number of sulfone groups is 2. The van der Waals surface area contributed by atoms with Crippen LogP contribution in [0.15, 0.2) is 117 Å². The summed E-state index contributed by atoms with van der Waals surface area (Å²) in [5.74, 6) is 0. The van der Waals surface area contributed by atoms with E-state index in [0.717, 1.165) is 36.4 Å². The molecule has 0 saturated carbocycles. The first-order valence-corrected chi connectivity index (χ1v) is 18.8. The highest BCUT2D eigenvalue weighted by Gasteiger charge is 2.47. The summed E-state index contributed by atoms with van der Waals surface area (Å²) in [6, 6.07) is 21.2. The van der Waals surface area contributed by atoms with Crippen molar-refractivity contribution in [2.75, 3.05) is 9.44 Å². The number of halogens is 6. The van der Waals surface area contributed by atoms with Crippen molar-refractivity contribution in [2.24, 2.45) is 0 Å². The number of alkyl halides is 6. The molecule has 4 aromatic rings. The lowest BCUT2D eigenvalue weighted by Crippen LogP contribution is -2.30. The third-order valence-electron chi connectivity index (χ3n) is 6.22. The minimum Gasteiger partial charge on any atom is -0.276 e. The zero-order chi connectivity index (χ0) is 36.3. The molecule has 0 aliphatic carbocycles. The van der Waals surface area contributed by atoms with Crippen LogP contribution >= 0.6 is 0 Å². The Hall–Kier alpha value is -4.14. The zero-order valence-electron chi connectivity index (χ0n) is 24.4. The summed E-state index contributed by atoms with van der Waals surface area (Å²) in [6.07, 6.45) is 0. The maximum Gasteiger partial charge on any atom is 0.516 e. The van der Waals surface area contributed by atoms with Gasteiger partial charge in [0.05, 0.1) is 31.0 Å². The minimum absolute atomic E-state index is 0.0213. The molecule has 2 N–H and O–H groups in total. The zero-order valence-corrected chi connectivity index (χ0v) is 27.7. The monoisotopic (exact) mass is 758 g/mol. The van der Waals surface area contributed by atoms with Gasteiger partial charge in [0.2, 0.25) is 19.7 Å². The number of hydrogen-bond donors (Lipinski definition) is 2. The van der Waals surface area contributed by atoms with Crippen molar-refractivity contribution in [1.29, 1.82) is 0 Å². The molecule has 4 aromatic carbocycles. The first-order chi connectivity index (χ1) is 21.9. The van der Waals surface area contributed by atoms with Crippen LogP contribution in [0, 0.1) is 13.8 Å². The number of nitrogens with one attached hydrogen (secondary N) is 2. The Bertz CT molecular complexity index is 2070. The second kappa shape index (κ2) is 13.8. The lowest BCUT2D eigenvalue weighted by atomic mass is 10.2. The fourth-order valence-electron chi connectivity index (χ4n) is 3.71. The number of hydrogen-bond acceptors (Lipinski definition) is 8. The van der Waals surface area contributed by atoms with Crippen molar-refractivity contribution < 1.29 is 60.0 Å². The van der Waals surface area contributed by atoms with Crippen LogP contribution in [0.4, 0.5) is 37.7 Å². The Kier molecular flexibility index (Phi) is 11.0. The third kappa shape index (κ3) is 8.65. The van der Waals surface area contributed by atoms with Gasteiger partial charge in [-0.25, -0.2) is 16.8 Å². The van der Waals surface area contributed by atoms with E-state index >= 15 is 0 Å². The number of rotatable bonds is 8. The van der Waals surface area contributed by atoms with Crippen LogP contribution in [-0.4, -0.2) is 44.7 Å². The summed E-state index contributed by atoms with van der Waals surface area (Å²) < 4.78 is 171. The molecule has 0 bridgehead atoms. The molecule has 0 atom stereocenters. The smallest absolute Gasteiger partial charge is 0.276 e. The fraction of sp³-hybridized carbons (Fsp3) is 0.143. The number of anilines is 2. The van der Waals surface area contributed by atoms with Crippen LogP contribution in [0.3, 0.4) is 0 Å². The van der Waals surface area contributed by atoms with E-state index in [2.05, 4.69) is 0 Å². The van der Waals surface area contributed by atoms with Crippen molar-refractivity contribution in [3.05, 3.63) is 108 Å². The summed E-state index contributed by atoms with van der Waals surface area (Å²) in [4.78, 5) is -0.261. The standard InChI is InChI=1S/2C14H12F3NO4S2/c2*1-10-9-12(23(19,20)11-5-3-2-4-6-11)7-8-13(10)18-24(21,22)14(15,16)17/h2*2-9,18H,1H3. The summed E-state index contributed by atoms with van der Waals surface area (Å²) in [7, 11) is -18.8. The van der Waals surface area contributed by atoms with E-state index in [9.17, 15) is 60.0 Å². The third-order valence-corrected chi connectivity index (χ3v) is 12.0. The highest BCUT2D eigenvalue weighted by atomic mass is 32.2. The van der Waals surface area contributed by atoms with Gasteiger partial charge >= 0.3 is 31.1 Å². The van der Waals surface area contributed by atoms with Crippen LogP contribution in [0.2, 0.25) is 0 Å². The number of benzene rings is 4. The average Bonchev–Trinajstić information content (AvgIpc) is 2.99. The van der Waals surface area contributed by atoms with Gasteiger partial charge in [-0.15, -0.1) is 0 Å². The SMILES string of the molecule is Cc1cc(S(=O)(=O)c2ccccc2)ccc1NS(=O)(=O)C(F)(F)F.Cc1cc(S(=O)(=O)c2ccccc2)ccc1NS(=O)(=O)C(F)(F)F. The highest BCUT2D eigenvalue weighted by molar-refractivity contribution is 7.94. The molecule has 0 aliphatic rings. The molecule has 0 radical (unpaired) electrons. The predicted octanol–water partition coefficient (Wildman–Crippen LogP) is 6.18. The van der Waals surface area contributed by atoms with E-state index in [-0.39, 0.29) is 42.1 Å². The van der Waals surface area contributed by atoms with Crippen LogP contribution in [0.25, 0.3) is 0 Å². The van der Waals surface area contributed by atoms with Crippen LogP contribution in [-0.2, 0) is 39.7 Å². The normalized spacial score (nSPS) is 12.8. The minimum atomic E-state index is -5.57. The van der Waals surface area contributed by atoms with E-state index < -0.39 is 50.7 Å². The quantitative estimate of drug-likeness (QED) is 0.202. The van der Waals surface area contributed by atoms with Crippen LogP contribution in [0.5, 0.6) is 0 Å². The van der Waals surface area contributed by atoms with E-state index in [4.69, 9.17) is 0 Å². The Morgan fingerprint density at radius 2 is 0.729 bits per heavy atom. The van der Waals surface area contributed by atoms with Crippen molar-refractivity contribution in [3.63, 3.8) is 0 Å². The van der Waals surface area contributed by atoms with Crippen LogP contribution < -0.4 is 9.44 Å². The topological polar surface area (TPSA) is 161 Å². The molecule has 260 valence electrons. The molecule has 20 heteroatoms. The Labute approximate surface area is 272 Å². The Morgan fingerprint density at radius 3 is 0.979 bits per heavy atom. The average molecular weight is 759 g/mol. The molecule has 4 rings (SSSR count). The Morgan fingerprint density at radius 1 is 0.438 bits per heavy atom. The van der Waals surface area contributed by atoms with Crippen molar-refractivity contribution in [2.45, 2.75) is 44.4 Å². The summed E-state index contributed by atoms with van der Waals surface area (Å²) in [5, 5.41) is 0. The second-order valence-electron chi connectivity index (χ2n) is 9.69. The number of sulfonamides is 2. The lowest BCUT2D eigenvalue weighted by Gasteiger charge is -2.13. The largest absolute Gasteiger partial charge is 0.516 e. The van der Waals surface area contributed by atoms with Crippen molar-refractivity contribution in [1.82, 2.24) is 0 Å². The maximum absolute atomic E-state index is 12.4. The van der Waals surface area contributed by atoms with Gasteiger partial charge in [-0.1, -0.05) is 36.4 Å². The van der Waals surface area contributed by atoms with Gasteiger partial charge in [-0.05, 0) is 85.6 Å². The second-order valence-corrected chi connectivity index (χ2v) is 16.9. The van der Waals surface area contributed by atoms with E-state index in [1.54, 1.807) is 12.1 Å². The van der Waals surface area contributed by atoms with Gasteiger partial charge < -0.3 is 0 Å². The molecular formula is C28H24F6N2O8S4. The Balaban J connectivity index is 0.000000260. The van der Waals surface area contributed by atoms with Gasteiger partial charge in [0, 0.05) is 0 Å². The molecule has 0 heterocycles. The van der Waals surface area contributed by atoms with E-state index in [0.29, 0.717) is 0 Å². The van der Waals surface area contributed by atoms with E-state index in [1.807, 2.05) is 0 Å². The highest BCUT2D eigenvalue weighted by Crippen LogP contribution is 2.31. The molecule has 48 heavy (non-hydrogen) atoms. The van der Waals surface area contributed by atoms with Gasteiger partial charge in [-0.3, -0.25) is 9.44 Å². The molecule has 0 aliphatic heterocycles. The predicted molar refractivity (Wildman–Crippen MR) is 163 cm³/mol. The van der Waals surface area contributed by atoms with Gasteiger partial charge in [0.1, 0.15) is 0 Å². The van der Waals surface area contributed by atoms with Gasteiger partial charge in [0.15, 0.2) is 0 Å². The molecule has 0 aromatic heterocycles. The molecule has 0 saturated heterocycles. The molecule has 10 nitrogen and oxygen atoms in total. The van der Waals surface area contributed by atoms with Gasteiger partial charge in [-0.2, -0.15) is 43.2 Å². The first-order valence-electron chi connectivity index (χ1n) is 12.9. The summed E-state index contributed by atoms with van der Waals surface area (Å²) >= 11 is 0. The van der Waals surface area contributed by atoms with Crippen LogP contribution in [0.1, 0.15) is 11.1 Å². The number of aryl methyl sites for hydroxylation is 2. The molecule has 0 fully saturated rings. The van der Waals surface area contributed by atoms with Gasteiger partial charge in [0.25, 0.3) is 0 Å². The molecule has 0 unspecified atom stereocenters. The molecule has 0 amide bonds. The lowest BCUT2D eigenvalue weighted by molar-refractivity contribution is -0.0435. The maximum atomic E-state index is 12.4. The van der Waals surface area contributed by atoms with E-state index in [1.165, 1.54) is 71.8 Å². The first kappa shape index (κ1) is 38.3. The van der Waals surface area contributed by atoms with Crippen molar-refractivity contribution in [3.8, 4) is 0 Å². The molecular weight excluding hydrogens is 735 g/mol. The summed E-state index contributed by atoms with van der Waals surface area (Å²) in [5.41, 5.74) is -11.5. The molecule has 0 spiro atoms. The van der Waals surface area contributed by atoms with Crippen molar-refractivity contribution >= 4 is 51.1 Å².